The summed E-state index contributed by atoms with van der Waals surface area (Å²) in [6.45, 7) is -0.337. The van der Waals surface area contributed by atoms with E-state index >= 15 is 0 Å². The minimum absolute atomic E-state index is 0.147. The van der Waals surface area contributed by atoms with Gasteiger partial charge in [0.05, 0.1) is 23.4 Å². The molecule has 0 radical (unpaired) electrons. The molecule has 2 aromatic rings. The summed E-state index contributed by atoms with van der Waals surface area (Å²) < 4.78 is 0. The van der Waals surface area contributed by atoms with Crippen LogP contribution < -0.4 is 10.6 Å². The number of rotatable bonds is 6. The van der Waals surface area contributed by atoms with Crippen molar-refractivity contribution >= 4 is 29.2 Å². The third-order valence-electron chi connectivity index (χ3n) is 3.02. The average molecular weight is 344 g/mol. The zero-order valence-electron chi connectivity index (χ0n) is 12.6. The van der Waals surface area contributed by atoms with Crippen molar-refractivity contribution in [3.63, 3.8) is 0 Å². The molecule has 0 saturated carbocycles. The first kappa shape index (κ1) is 17.5. The Kier molecular flexibility index (Phi) is 5.36. The number of carbonyl (C=O) groups excluding carboxylic acids is 2. The summed E-state index contributed by atoms with van der Waals surface area (Å²) in [6, 6.07) is 7.52. The van der Waals surface area contributed by atoms with Gasteiger partial charge in [0.2, 0.25) is 5.91 Å². The monoisotopic (exact) mass is 344 g/mol. The summed E-state index contributed by atoms with van der Waals surface area (Å²) in [5.74, 6) is -2.29. The number of carbonyl (C=O) groups is 3. The SMILES string of the molecule is O=C(CNC(=O)c1ccc([N+](=O)[O-])cc1)Nc1ccc(C(=O)O)nc1. The first-order valence-electron chi connectivity index (χ1n) is 6.88. The van der Waals surface area contributed by atoms with E-state index in [1.54, 1.807) is 0 Å². The molecular weight excluding hydrogens is 332 g/mol. The van der Waals surface area contributed by atoms with Gasteiger partial charge in [-0.1, -0.05) is 0 Å². The zero-order chi connectivity index (χ0) is 18.4. The third-order valence-corrected chi connectivity index (χ3v) is 3.02. The fourth-order valence-electron chi connectivity index (χ4n) is 1.80. The van der Waals surface area contributed by atoms with Gasteiger partial charge >= 0.3 is 5.97 Å². The van der Waals surface area contributed by atoms with Crippen molar-refractivity contribution in [2.75, 3.05) is 11.9 Å². The summed E-state index contributed by atoms with van der Waals surface area (Å²) in [5.41, 5.74) is 0.140. The Morgan fingerprint density at radius 2 is 1.80 bits per heavy atom. The number of anilines is 1. The lowest BCUT2D eigenvalue weighted by Crippen LogP contribution is -2.32. The van der Waals surface area contributed by atoms with Crippen molar-refractivity contribution in [1.29, 1.82) is 0 Å². The number of benzene rings is 1. The van der Waals surface area contributed by atoms with Gasteiger partial charge in [0, 0.05) is 17.7 Å². The number of nitro benzene ring substituents is 1. The van der Waals surface area contributed by atoms with Crippen molar-refractivity contribution in [2.24, 2.45) is 0 Å². The Balaban J connectivity index is 1.87. The van der Waals surface area contributed by atoms with E-state index in [2.05, 4.69) is 15.6 Å². The molecule has 0 unspecified atom stereocenters. The number of hydrogen-bond donors (Lipinski definition) is 3. The van der Waals surface area contributed by atoms with Crippen LogP contribution in [0.4, 0.5) is 11.4 Å². The summed E-state index contributed by atoms with van der Waals surface area (Å²) in [7, 11) is 0. The van der Waals surface area contributed by atoms with Crippen LogP contribution in [-0.2, 0) is 4.79 Å². The van der Waals surface area contributed by atoms with E-state index in [0.717, 1.165) is 0 Å². The number of carboxylic acid groups (broad SMARTS) is 1. The lowest BCUT2D eigenvalue weighted by Gasteiger charge is -2.07. The number of aromatic carboxylic acids is 1. The molecule has 0 aliphatic heterocycles. The van der Waals surface area contributed by atoms with E-state index in [4.69, 9.17) is 5.11 Å². The number of aromatic nitrogens is 1. The Bertz CT molecular complexity index is 817. The van der Waals surface area contributed by atoms with E-state index < -0.39 is 22.7 Å². The summed E-state index contributed by atoms with van der Waals surface area (Å²) in [5, 5.41) is 24.1. The van der Waals surface area contributed by atoms with Crippen LogP contribution in [0.1, 0.15) is 20.8 Å². The molecule has 3 N–H and O–H groups in total. The van der Waals surface area contributed by atoms with Gasteiger partial charge in [0.15, 0.2) is 0 Å². The van der Waals surface area contributed by atoms with Crippen LogP contribution in [0.15, 0.2) is 42.6 Å². The highest BCUT2D eigenvalue weighted by Crippen LogP contribution is 2.11. The fraction of sp³-hybridized carbons (Fsp3) is 0.0667. The van der Waals surface area contributed by atoms with Crippen molar-refractivity contribution in [3.8, 4) is 0 Å². The molecule has 0 fully saturated rings. The molecule has 0 aliphatic carbocycles. The van der Waals surface area contributed by atoms with Gasteiger partial charge in [0.1, 0.15) is 5.69 Å². The van der Waals surface area contributed by atoms with Crippen LogP contribution in [0.5, 0.6) is 0 Å². The first-order valence-corrected chi connectivity index (χ1v) is 6.88. The molecule has 0 saturated heterocycles. The number of carboxylic acids is 1. The summed E-state index contributed by atoms with van der Waals surface area (Å²) in [4.78, 5) is 47.9. The van der Waals surface area contributed by atoms with Crippen molar-refractivity contribution in [2.45, 2.75) is 0 Å². The van der Waals surface area contributed by atoms with E-state index in [1.807, 2.05) is 0 Å². The second kappa shape index (κ2) is 7.64. The van der Waals surface area contributed by atoms with Crippen molar-refractivity contribution < 1.29 is 24.4 Å². The predicted octanol–water partition coefficient (Wildman–Crippen LogP) is 1.06. The lowest BCUT2D eigenvalue weighted by atomic mass is 10.2. The van der Waals surface area contributed by atoms with Gasteiger partial charge in [-0.25, -0.2) is 9.78 Å². The minimum Gasteiger partial charge on any atom is -0.477 e. The molecule has 128 valence electrons. The van der Waals surface area contributed by atoms with Crippen LogP contribution in [-0.4, -0.2) is 39.3 Å². The largest absolute Gasteiger partial charge is 0.477 e. The maximum Gasteiger partial charge on any atom is 0.354 e. The Morgan fingerprint density at radius 1 is 1.12 bits per heavy atom. The molecule has 0 bridgehead atoms. The third kappa shape index (κ3) is 4.82. The van der Waals surface area contributed by atoms with Crippen LogP contribution in [0.2, 0.25) is 0 Å². The summed E-state index contributed by atoms with van der Waals surface area (Å²) in [6.07, 6.45) is 1.18. The van der Waals surface area contributed by atoms with E-state index in [0.29, 0.717) is 0 Å². The van der Waals surface area contributed by atoms with Crippen molar-refractivity contribution in [1.82, 2.24) is 10.3 Å². The molecule has 10 nitrogen and oxygen atoms in total. The molecule has 25 heavy (non-hydrogen) atoms. The molecule has 10 heteroatoms. The normalized spacial score (nSPS) is 9.92. The van der Waals surface area contributed by atoms with Crippen LogP contribution in [0, 0.1) is 10.1 Å². The van der Waals surface area contributed by atoms with Crippen molar-refractivity contribution in [3.05, 3.63) is 64.0 Å². The highest BCUT2D eigenvalue weighted by atomic mass is 16.6. The molecule has 1 aromatic carbocycles. The minimum atomic E-state index is -1.19. The number of amides is 2. The topological polar surface area (TPSA) is 152 Å². The average Bonchev–Trinajstić information content (AvgIpc) is 2.60. The number of pyridine rings is 1. The predicted molar refractivity (Wildman–Crippen MR) is 85.3 cm³/mol. The van der Waals surface area contributed by atoms with Gasteiger partial charge < -0.3 is 15.7 Å². The smallest absolute Gasteiger partial charge is 0.354 e. The van der Waals surface area contributed by atoms with E-state index in [1.165, 1.54) is 42.6 Å². The number of nitro groups is 1. The second-order valence-electron chi connectivity index (χ2n) is 4.77. The van der Waals surface area contributed by atoms with E-state index in [9.17, 15) is 24.5 Å². The van der Waals surface area contributed by atoms with Crippen LogP contribution >= 0.6 is 0 Å². The Morgan fingerprint density at radius 3 is 2.32 bits per heavy atom. The van der Waals surface area contributed by atoms with Crippen LogP contribution in [0.3, 0.4) is 0 Å². The molecule has 2 rings (SSSR count). The van der Waals surface area contributed by atoms with Gasteiger partial charge in [-0.15, -0.1) is 0 Å². The van der Waals surface area contributed by atoms with Gasteiger partial charge in [-0.05, 0) is 24.3 Å². The summed E-state index contributed by atoms with van der Waals surface area (Å²) >= 11 is 0. The Hall–Kier alpha value is -3.82. The molecule has 1 heterocycles. The fourth-order valence-corrected chi connectivity index (χ4v) is 1.80. The highest BCUT2D eigenvalue weighted by Gasteiger charge is 2.11. The standard InChI is InChI=1S/C15H12N4O6/c20-13(18-10-3-6-12(15(22)23)16-7-10)8-17-14(21)9-1-4-11(5-2-9)19(24)25/h1-7H,8H2,(H,17,21)(H,18,20)(H,22,23). The molecule has 1 aromatic heterocycles. The second-order valence-corrected chi connectivity index (χ2v) is 4.77. The van der Waals surface area contributed by atoms with Gasteiger partial charge in [-0.2, -0.15) is 0 Å². The molecule has 0 aliphatic rings. The van der Waals surface area contributed by atoms with E-state index in [-0.39, 0.29) is 29.2 Å². The molecule has 2 amide bonds. The molecular formula is C15H12N4O6. The number of nitrogens with zero attached hydrogens (tertiary/aromatic N) is 2. The number of nitrogens with one attached hydrogen (secondary N) is 2. The molecule has 0 atom stereocenters. The Labute approximate surface area is 140 Å². The maximum absolute atomic E-state index is 11.9. The quantitative estimate of drug-likeness (QED) is 0.523. The molecule has 0 spiro atoms. The lowest BCUT2D eigenvalue weighted by molar-refractivity contribution is -0.384. The number of hydrogen-bond acceptors (Lipinski definition) is 6. The maximum atomic E-state index is 11.9. The van der Waals surface area contributed by atoms with Crippen LogP contribution in [0.25, 0.3) is 0 Å². The van der Waals surface area contributed by atoms with Gasteiger partial charge in [-0.3, -0.25) is 19.7 Å². The first-order chi connectivity index (χ1) is 11.9. The zero-order valence-corrected chi connectivity index (χ0v) is 12.6. The van der Waals surface area contributed by atoms with Gasteiger partial charge in [0.25, 0.3) is 11.6 Å². The number of non-ortho nitro benzene ring substituents is 1. The highest BCUT2D eigenvalue weighted by molar-refractivity contribution is 5.99.